The fourth-order valence-corrected chi connectivity index (χ4v) is 5.30. The molecule has 0 atom stereocenters. The number of anilines is 1. The molecule has 2 aliphatic heterocycles. The SMILES string of the molecule is Br.N#C/C(=C1/SC=C(c2ccc(Br)cc2)N1c1ccccc1)c1nnc2n1CCCCC2. The van der Waals surface area contributed by atoms with Crippen molar-refractivity contribution < 1.29 is 0 Å². The van der Waals surface area contributed by atoms with Gasteiger partial charge in [0.15, 0.2) is 5.82 Å². The van der Waals surface area contributed by atoms with Crippen molar-refractivity contribution in [2.75, 3.05) is 4.90 Å². The van der Waals surface area contributed by atoms with Crippen molar-refractivity contribution in [3.63, 3.8) is 0 Å². The molecule has 2 aliphatic rings. The van der Waals surface area contributed by atoms with Crippen LogP contribution < -0.4 is 4.90 Å². The summed E-state index contributed by atoms with van der Waals surface area (Å²) in [4.78, 5) is 2.16. The van der Waals surface area contributed by atoms with Crippen LogP contribution in [0.4, 0.5) is 5.69 Å². The molecule has 0 fully saturated rings. The van der Waals surface area contributed by atoms with E-state index in [1.165, 1.54) is 6.42 Å². The van der Waals surface area contributed by atoms with Crippen molar-refractivity contribution in [3.8, 4) is 6.07 Å². The number of hydrogen-bond donors (Lipinski definition) is 0. The second-order valence-electron chi connectivity index (χ2n) is 7.49. The third kappa shape index (κ3) is 4.29. The number of benzene rings is 2. The normalized spacial score (nSPS) is 17.0. The van der Waals surface area contributed by atoms with Gasteiger partial charge in [-0.05, 0) is 42.7 Å². The van der Waals surface area contributed by atoms with Crippen molar-refractivity contribution in [2.24, 2.45) is 0 Å². The van der Waals surface area contributed by atoms with Crippen LogP contribution in [0.2, 0.25) is 0 Å². The van der Waals surface area contributed by atoms with Gasteiger partial charge in [0.05, 0.1) is 5.70 Å². The van der Waals surface area contributed by atoms with E-state index in [0.717, 1.165) is 58.1 Å². The summed E-state index contributed by atoms with van der Waals surface area (Å²) in [5, 5.41) is 22.1. The molecule has 3 heterocycles. The van der Waals surface area contributed by atoms with Crippen molar-refractivity contribution in [1.29, 1.82) is 5.26 Å². The summed E-state index contributed by atoms with van der Waals surface area (Å²) in [7, 11) is 0. The molecule has 0 saturated heterocycles. The average Bonchev–Trinajstić information content (AvgIpc) is 3.33. The van der Waals surface area contributed by atoms with Gasteiger partial charge in [-0.15, -0.1) is 27.2 Å². The maximum absolute atomic E-state index is 10.2. The van der Waals surface area contributed by atoms with Gasteiger partial charge < -0.3 is 9.47 Å². The number of allylic oxidation sites excluding steroid dienone is 1. The quantitative estimate of drug-likeness (QED) is 0.324. The Morgan fingerprint density at radius 3 is 2.53 bits per heavy atom. The van der Waals surface area contributed by atoms with Crippen LogP contribution in [0.25, 0.3) is 11.3 Å². The summed E-state index contributed by atoms with van der Waals surface area (Å²) >= 11 is 5.09. The number of aromatic nitrogens is 3. The highest BCUT2D eigenvalue weighted by Crippen LogP contribution is 2.46. The number of hydrogen-bond acceptors (Lipinski definition) is 5. The summed E-state index contributed by atoms with van der Waals surface area (Å²) in [6.45, 7) is 0.860. The predicted octanol–water partition coefficient (Wildman–Crippen LogP) is 6.79. The third-order valence-electron chi connectivity index (χ3n) is 5.54. The van der Waals surface area contributed by atoms with Crippen LogP contribution in [-0.4, -0.2) is 14.8 Å². The molecule has 3 aromatic rings. The first kappa shape index (κ1) is 22.8. The topological polar surface area (TPSA) is 57.7 Å². The van der Waals surface area contributed by atoms with E-state index < -0.39 is 0 Å². The van der Waals surface area contributed by atoms with Crippen LogP contribution in [0.15, 0.2) is 69.5 Å². The number of nitriles is 1. The van der Waals surface area contributed by atoms with Gasteiger partial charge in [-0.3, -0.25) is 0 Å². The molecule has 0 N–H and O–H groups in total. The Morgan fingerprint density at radius 2 is 1.78 bits per heavy atom. The fraction of sp³-hybridized carbons (Fsp3) is 0.208. The molecule has 1 aromatic heterocycles. The van der Waals surface area contributed by atoms with E-state index in [1.54, 1.807) is 11.8 Å². The summed E-state index contributed by atoms with van der Waals surface area (Å²) in [5.41, 5.74) is 3.71. The third-order valence-corrected chi connectivity index (χ3v) is 7.02. The molecular formula is C24H21Br2N5S. The molecule has 162 valence electrons. The van der Waals surface area contributed by atoms with Gasteiger partial charge >= 0.3 is 0 Å². The second kappa shape index (κ2) is 10.1. The largest absolute Gasteiger partial charge is 0.310 e. The van der Waals surface area contributed by atoms with Crippen LogP contribution in [0.1, 0.15) is 36.5 Å². The Morgan fingerprint density at radius 1 is 1.00 bits per heavy atom. The Kier molecular flexibility index (Phi) is 7.19. The molecule has 0 aliphatic carbocycles. The van der Waals surface area contributed by atoms with E-state index in [0.29, 0.717) is 11.4 Å². The maximum atomic E-state index is 10.2. The Labute approximate surface area is 210 Å². The van der Waals surface area contributed by atoms with Crippen molar-refractivity contribution in [2.45, 2.75) is 32.2 Å². The summed E-state index contributed by atoms with van der Waals surface area (Å²) in [6.07, 6.45) is 4.31. The average molecular weight is 571 g/mol. The van der Waals surface area contributed by atoms with E-state index in [-0.39, 0.29) is 17.0 Å². The lowest BCUT2D eigenvalue weighted by molar-refractivity contribution is 0.627. The first-order chi connectivity index (χ1) is 15.3. The van der Waals surface area contributed by atoms with Gasteiger partial charge in [0.2, 0.25) is 0 Å². The fourth-order valence-electron chi connectivity index (χ4n) is 4.01. The number of rotatable bonds is 3. The number of nitrogens with zero attached hydrogens (tertiary/aromatic N) is 5. The van der Waals surface area contributed by atoms with E-state index in [2.05, 4.69) is 71.3 Å². The summed E-state index contributed by atoms with van der Waals surface area (Å²) in [6, 6.07) is 20.9. The Bertz CT molecular complexity index is 1210. The standard InChI is InChI=1S/C24H20BrN5S.BrH/c25-18-12-10-17(11-13-18)21-16-31-24(30(21)19-7-3-1-4-8-19)20(15-26)23-28-27-22-9-5-2-6-14-29(22)23;/h1,3-4,7-8,10-13,16H,2,5-6,9,14H2;1H/b24-20-;. The zero-order valence-electron chi connectivity index (χ0n) is 17.2. The van der Waals surface area contributed by atoms with E-state index >= 15 is 0 Å². The van der Waals surface area contributed by atoms with Gasteiger partial charge in [-0.1, -0.05) is 64.4 Å². The molecule has 5 nitrogen and oxygen atoms in total. The van der Waals surface area contributed by atoms with E-state index in [9.17, 15) is 5.26 Å². The molecule has 0 unspecified atom stereocenters. The van der Waals surface area contributed by atoms with Gasteiger partial charge in [0, 0.05) is 28.5 Å². The molecule has 8 heteroatoms. The molecule has 2 aromatic carbocycles. The molecule has 0 bridgehead atoms. The molecular weight excluding hydrogens is 550 g/mol. The van der Waals surface area contributed by atoms with Crippen LogP contribution in [0.3, 0.4) is 0 Å². The number of thioether (sulfide) groups is 1. The molecule has 0 saturated carbocycles. The highest BCUT2D eigenvalue weighted by Gasteiger charge is 2.30. The zero-order chi connectivity index (χ0) is 21.2. The van der Waals surface area contributed by atoms with Crippen LogP contribution in [0.5, 0.6) is 0 Å². The number of fused-ring (bicyclic) bond motifs is 1. The van der Waals surface area contributed by atoms with E-state index in [4.69, 9.17) is 0 Å². The number of halogens is 2. The first-order valence-electron chi connectivity index (χ1n) is 10.3. The second-order valence-corrected chi connectivity index (χ2v) is 9.27. The van der Waals surface area contributed by atoms with Crippen LogP contribution >= 0.6 is 44.7 Å². The molecule has 0 spiro atoms. The minimum Gasteiger partial charge on any atom is -0.310 e. The molecule has 5 rings (SSSR count). The number of aryl methyl sites for hydroxylation is 1. The van der Waals surface area contributed by atoms with Crippen LogP contribution in [0, 0.1) is 11.3 Å². The molecule has 0 amide bonds. The van der Waals surface area contributed by atoms with Crippen molar-refractivity contribution >= 4 is 61.6 Å². The number of para-hydroxylation sites is 1. The van der Waals surface area contributed by atoms with Crippen LogP contribution in [-0.2, 0) is 13.0 Å². The Hall–Kier alpha value is -2.34. The lowest BCUT2D eigenvalue weighted by Crippen LogP contribution is -2.18. The van der Waals surface area contributed by atoms with E-state index in [1.807, 2.05) is 30.3 Å². The monoisotopic (exact) mass is 569 g/mol. The van der Waals surface area contributed by atoms with Gasteiger partial charge in [0.25, 0.3) is 0 Å². The Balaban J connectivity index is 0.00000245. The minimum absolute atomic E-state index is 0. The minimum atomic E-state index is 0. The van der Waals surface area contributed by atoms with Gasteiger partial charge in [0.1, 0.15) is 22.5 Å². The molecule has 0 radical (unpaired) electrons. The summed E-state index contributed by atoms with van der Waals surface area (Å²) < 4.78 is 3.17. The maximum Gasteiger partial charge on any atom is 0.177 e. The highest BCUT2D eigenvalue weighted by atomic mass is 79.9. The van der Waals surface area contributed by atoms with Crippen molar-refractivity contribution in [1.82, 2.24) is 14.8 Å². The van der Waals surface area contributed by atoms with Gasteiger partial charge in [-0.25, -0.2) is 0 Å². The van der Waals surface area contributed by atoms with Crippen molar-refractivity contribution in [3.05, 3.63) is 86.7 Å². The summed E-state index contributed by atoms with van der Waals surface area (Å²) in [5.74, 6) is 1.66. The van der Waals surface area contributed by atoms with Gasteiger partial charge in [-0.2, -0.15) is 5.26 Å². The predicted molar refractivity (Wildman–Crippen MR) is 139 cm³/mol. The molecule has 32 heavy (non-hydrogen) atoms. The lowest BCUT2D eigenvalue weighted by Gasteiger charge is -2.25. The first-order valence-corrected chi connectivity index (χ1v) is 12.0. The highest BCUT2D eigenvalue weighted by molar-refractivity contribution is 9.10. The smallest absolute Gasteiger partial charge is 0.177 e. The lowest BCUT2D eigenvalue weighted by atomic mass is 10.1. The zero-order valence-corrected chi connectivity index (χ0v) is 21.4.